The Morgan fingerprint density at radius 1 is 0.913 bits per heavy atom. The van der Waals surface area contributed by atoms with Crippen molar-refractivity contribution in [1.29, 1.82) is 0 Å². The first-order chi connectivity index (χ1) is 32.5. The van der Waals surface area contributed by atoms with Crippen LogP contribution >= 0.6 is 0 Å². The normalized spacial score (nSPS) is 30.3. The van der Waals surface area contributed by atoms with Gasteiger partial charge in [0.15, 0.2) is 11.6 Å². The molecule has 2 bridgehead atoms. The number of carbonyl (C=O) groups excluding carboxylic acids is 7. The number of ether oxygens (including phenoxy) is 5. The fourth-order valence-electron chi connectivity index (χ4n) is 11.0. The maximum Gasteiger partial charge on any atom is 0.350 e. The first kappa shape index (κ1) is 53.0. The topological polar surface area (TPSA) is 271 Å². The fraction of sp³-hybridized carbons (Fsp3) is 0.588. The lowest BCUT2D eigenvalue weighted by molar-refractivity contribution is -0.313. The summed E-state index contributed by atoms with van der Waals surface area (Å²) in [5.41, 5.74) is -6.04. The van der Waals surface area contributed by atoms with E-state index in [9.17, 15) is 49.2 Å². The van der Waals surface area contributed by atoms with E-state index in [0.717, 1.165) is 0 Å². The second kappa shape index (κ2) is 21.3. The number of aliphatic hydroxyl groups is 4. The predicted molar refractivity (Wildman–Crippen MR) is 245 cm³/mol. The van der Waals surface area contributed by atoms with Gasteiger partial charge in [-0.2, -0.15) is 0 Å². The Morgan fingerprint density at radius 2 is 1.57 bits per heavy atom. The molecule has 0 radical (unpaired) electrons. The smallest absolute Gasteiger partial charge is 0.350 e. The second-order valence-electron chi connectivity index (χ2n) is 19.9. The van der Waals surface area contributed by atoms with Crippen LogP contribution < -0.4 is 10.6 Å². The molecule has 2 aromatic carbocycles. The Bertz CT molecular complexity index is 2290. The van der Waals surface area contributed by atoms with Gasteiger partial charge in [-0.15, -0.1) is 0 Å². The molecule has 2 amide bonds. The molecule has 6 N–H and O–H groups in total. The maximum absolute atomic E-state index is 15.0. The van der Waals surface area contributed by atoms with Crippen LogP contribution in [0, 0.1) is 22.2 Å². The molecule has 0 spiro atoms. The molecule has 3 fully saturated rings. The van der Waals surface area contributed by atoms with E-state index >= 15 is 4.79 Å². The van der Waals surface area contributed by atoms with Crippen molar-refractivity contribution in [3.05, 3.63) is 82.9 Å². The zero-order chi connectivity index (χ0) is 50.6. The Morgan fingerprint density at radius 3 is 2.17 bits per heavy atom. The number of carbonyl (C=O) groups is 7. The number of esters is 3. The Hall–Kier alpha value is -5.37. The monoisotopic (exact) mass is 962 g/mol. The van der Waals surface area contributed by atoms with Gasteiger partial charge < -0.3 is 54.7 Å². The summed E-state index contributed by atoms with van der Waals surface area (Å²) in [6, 6.07) is 14.7. The average molecular weight is 963 g/mol. The highest BCUT2D eigenvalue weighted by Crippen LogP contribution is 2.65. The summed E-state index contributed by atoms with van der Waals surface area (Å²) in [5.74, 6) is -6.57. The first-order valence-corrected chi connectivity index (χ1v) is 23.4. The molecule has 4 unspecified atom stereocenters. The minimum Gasteiger partial charge on any atom is -0.455 e. The van der Waals surface area contributed by atoms with Gasteiger partial charge in [0.25, 0.3) is 0 Å². The number of ketones is 2. The molecule has 3 aliphatic carbocycles. The average Bonchev–Trinajstić information content (AvgIpc) is 3.29. The molecular weight excluding hydrogens is 897 g/mol. The molecule has 0 aromatic heterocycles. The highest BCUT2D eigenvalue weighted by molar-refractivity contribution is 5.94. The number of hydrogen-bond donors (Lipinski definition) is 6. The number of Topliss-reactive ketones (excluding diaryl/α,β-unsaturated/α-hetero) is 2. The van der Waals surface area contributed by atoms with Crippen molar-refractivity contribution in [3.63, 3.8) is 0 Å². The SMILES string of the molecule is CC(=O)COCCCCC(O)CC(=O)NCC(=O)O[C@@H](C(=O)O[C@H]1C[C@@]2(O)[C@@H](OC(=O)c3ccccc3)C3C(C)(C(=O)[C@H](O)C(=C1C)C2(C)C)[C@@H](O)CC1OC[C@]13C)[C@@H](NC(C)=O)c1ccccc1. The van der Waals surface area contributed by atoms with E-state index in [2.05, 4.69) is 10.6 Å². The number of fused-ring (bicyclic) bond motifs is 5. The Balaban J connectivity index is 1.33. The summed E-state index contributed by atoms with van der Waals surface area (Å²) in [6.45, 7) is 10.2. The molecule has 18 heteroatoms. The molecule has 1 heterocycles. The Labute approximate surface area is 401 Å². The molecule has 1 aliphatic heterocycles. The molecule has 69 heavy (non-hydrogen) atoms. The van der Waals surface area contributed by atoms with Gasteiger partial charge in [0.1, 0.15) is 43.1 Å². The third-order valence-electron chi connectivity index (χ3n) is 14.8. The number of amides is 2. The van der Waals surface area contributed by atoms with Crippen LogP contribution in [0.5, 0.6) is 0 Å². The molecule has 1 saturated heterocycles. The quantitative estimate of drug-likeness (QED) is 0.0512. The van der Waals surface area contributed by atoms with Gasteiger partial charge in [0.05, 0.1) is 42.3 Å². The third-order valence-corrected chi connectivity index (χ3v) is 14.8. The van der Waals surface area contributed by atoms with Crippen molar-refractivity contribution in [3.8, 4) is 0 Å². The van der Waals surface area contributed by atoms with Crippen LogP contribution in [0.15, 0.2) is 71.8 Å². The molecule has 376 valence electrons. The zero-order valence-corrected chi connectivity index (χ0v) is 40.2. The van der Waals surface area contributed by atoms with Crippen LogP contribution in [0.4, 0.5) is 0 Å². The number of nitrogens with one attached hydrogen (secondary N) is 2. The van der Waals surface area contributed by atoms with E-state index in [1.54, 1.807) is 62.4 Å². The van der Waals surface area contributed by atoms with Gasteiger partial charge in [0.2, 0.25) is 17.9 Å². The largest absolute Gasteiger partial charge is 0.455 e. The van der Waals surface area contributed by atoms with E-state index in [0.29, 0.717) is 25.0 Å². The van der Waals surface area contributed by atoms with Crippen molar-refractivity contribution in [1.82, 2.24) is 10.6 Å². The molecule has 2 aromatic rings. The van der Waals surface area contributed by atoms with E-state index in [1.807, 2.05) is 6.92 Å². The van der Waals surface area contributed by atoms with Gasteiger partial charge in [-0.25, -0.2) is 9.59 Å². The number of benzene rings is 2. The van der Waals surface area contributed by atoms with Gasteiger partial charge in [-0.1, -0.05) is 69.3 Å². The maximum atomic E-state index is 15.0. The van der Waals surface area contributed by atoms with Crippen LogP contribution in [0.1, 0.15) is 109 Å². The number of rotatable bonds is 19. The Kier molecular flexibility index (Phi) is 16.4. The van der Waals surface area contributed by atoms with Crippen LogP contribution in [-0.2, 0) is 52.5 Å². The van der Waals surface area contributed by atoms with Crippen LogP contribution in [0.25, 0.3) is 0 Å². The van der Waals surface area contributed by atoms with Crippen molar-refractivity contribution in [2.75, 3.05) is 26.4 Å². The minimum absolute atomic E-state index is 0.0138. The van der Waals surface area contributed by atoms with E-state index < -0.39 is 125 Å². The molecule has 6 rings (SSSR count). The summed E-state index contributed by atoms with van der Waals surface area (Å²) in [4.78, 5) is 94.2. The van der Waals surface area contributed by atoms with Crippen LogP contribution in [0.3, 0.4) is 0 Å². The van der Waals surface area contributed by atoms with Gasteiger partial charge in [-0.05, 0) is 68.9 Å². The highest BCUT2D eigenvalue weighted by Gasteiger charge is 2.75. The van der Waals surface area contributed by atoms with Crippen molar-refractivity contribution >= 4 is 41.3 Å². The predicted octanol–water partition coefficient (Wildman–Crippen LogP) is 2.77. The van der Waals surface area contributed by atoms with Gasteiger partial charge in [0, 0.05) is 43.1 Å². The molecule has 4 aliphatic rings. The highest BCUT2D eigenvalue weighted by atomic mass is 16.6. The third kappa shape index (κ3) is 10.7. The summed E-state index contributed by atoms with van der Waals surface area (Å²) in [7, 11) is 0. The van der Waals surface area contributed by atoms with E-state index in [4.69, 9.17) is 23.7 Å². The summed E-state index contributed by atoms with van der Waals surface area (Å²) < 4.78 is 29.5. The van der Waals surface area contributed by atoms with Gasteiger partial charge in [-0.3, -0.25) is 24.0 Å². The lowest BCUT2D eigenvalue weighted by Crippen LogP contribution is -2.77. The van der Waals surface area contributed by atoms with Gasteiger partial charge >= 0.3 is 17.9 Å². The number of unbranched alkanes of at least 4 members (excludes halogenated alkanes) is 1. The first-order valence-electron chi connectivity index (χ1n) is 23.4. The fourth-order valence-corrected chi connectivity index (χ4v) is 11.0. The van der Waals surface area contributed by atoms with Crippen molar-refractivity contribution < 1.29 is 77.7 Å². The summed E-state index contributed by atoms with van der Waals surface area (Å²) in [5, 5.41) is 53.2. The molecule has 18 nitrogen and oxygen atoms in total. The number of aliphatic hydroxyl groups excluding tert-OH is 3. The minimum atomic E-state index is -2.26. The van der Waals surface area contributed by atoms with E-state index in [1.165, 1.54) is 39.8 Å². The molecular formula is C51H66N2O16. The second-order valence-corrected chi connectivity index (χ2v) is 19.9. The summed E-state index contributed by atoms with van der Waals surface area (Å²) in [6.07, 6.45) is -9.58. The molecule has 12 atom stereocenters. The number of hydrogen-bond acceptors (Lipinski definition) is 16. The molecule has 2 saturated carbocycles. The summed E-state index contributed by atoms with van der Waals surface area (Å²) >= 11 is 0. The van der Waals surface area contributed by atoms with Crippen molar-refractivity contribution in [2.24, 2.45) is 22.2 Å². The lowest BCUT2D eigenvalue weighted by atomic mass is 9.42. The van der Waals surface area contributed by atoms with Crippen LogP contribution in [0.2, 0.25) is 0 Å². The van der Waals surface area contributed by atoms with Crippen molar-refractivity contribution in [2.45, 2.75) is 141 Å². The lowest BCUT2D eigenvalue weighted by Gasteiger charge is -2.68. The standard InChI is InChI=1S/C51H66N2O16/c1-28(54)26-65-21-15-14-20-33(56)22-37(58)52-25-38(59)68-42(40(53-30(3)55)31-16-10-8-11-17-31)47(63)67-34-24-51(64)45(69-46(62)32-18-12-9-13-19-32)43-49(6)27-66-36(49)23-35(57)50(43,7)44(61)41(60)39(29(34)2)48(51,4)5/h8-13,16-19,33-36,40-43,45,56-57,60,64H,14-15,20-27H2,1-7H3,(H,52,58)(H,53,55)/t33?,34-,35-,36?,40-,41+,42+,43?,45-,49+,50?,51+/m0/s1. The zero-order valence-electron chi connectivity index (χ0n) is 40.2. The van der Waals surface area contributed by atoms with Crippen LogP contribution in [-0.4, -0.2) is 136 Å². The van der Waals surface area contributed by atoms with E-state index in [-0.39, 0.29) is 55.0 Å².